The zero-order valence-electron chi connectivity index (χ0n) is 11.3. The molecule has 2 aromatic rings. The molecule has 0 aliphatic carbocycles. The molecular weight excluding hydrogens is 333 g/mol. The molecule has 0 aromatic heterocycles. The van der Waals surface area contributed by atoms with Gasteiger partial charge in [0.25, 0.3) is 5.69 Å². The average Bonchev–Trinajstić information content (AvgIpc) is 2.46. The highest BCUT2D eigenvalue weighted by atomic mass is 32.2. The van der Waals surface area contributed by atoms with E-state index in [-0.39, 0.29) is 15.4 Å². The third-order valence-corrected chi connectivity index (χ3v) is 3.88. The second kappa shape index (κ2) is 6.29. The van der Waals surface area contributed by atoms with Crippen LogP contribution in [-0.2, 0) is 6.18 Å². The second-order valence-corrected chi connectivity index (χ2v) is 5.55. The van der Waals surface area contributed by atoms with Crippen LogP contribution < -0.4 is 5.73 Å². The molecule has 23 heavy (non-hydrogen) atoms. The Morgan fingerprint density at radius 2 is 1.87 bits per heavy atom. The Kier molecular flexibility index (Phi) is 4.60. The highest BCUT2D eigenvalue weighted by Crippen LogP contribution is 2.38. The summed E-state index contributed by atoms with van der Waals surface area (Å²) in [5.41, 5.74) is 3.76. The Morgan fingerprint density at radius 3 is 2.43 bits per heavy atom. The smallest absolute Gasteiger partial charge is 0.366 e. The van der Waals surface area contributed by atoms with Gasteiger partial charge in [0.05, 0.1) is 15.4 Å². The van der Waals surface area contributed by atoms with E-state index in [1.807, 2.05) is 0 Å². The van der Waals surface area contributed by atoms with Crippen molar-refractivity contribution in [3.8, 4) is 0 Å². The molecule has 0 heterocycles. The van der Waals surface area contributed by atoms with Gasteiger partial charge in [-0.25, -0.2) is 0 Å². The van der Waals surface area contributed by atoms with Crippen LogP contribution in [0.5, 0.6) is 0 Å². The Bertz CT molecular complexity index is 778. The first-order valence-electron chi connectivity index (χ1n) is 6.12. The van der Waals surface area contributed by atoms with Crippen LogP contribution in [0.1, 0.15) is 15.9 Å². The number of alkyl halides is 3. The van der Waals surface area contributed by atoms with Gasteiger partial charge in [-0.2, -0.15) is 13.2 Å². The Labute approximate surface area is 132 Å². The van der Waals surface area contributed by atoms with E-state index >= 15 is 0 Å². The summed E-state index contributed by atoms with van der Waals surface area (Å²) < 4.78 is 38.1. The summed E-state index contributed by atoms with van der Waals surface area (Å²) in [6.45, 7) is 0. The molecule has 0 fully saturated rings. The molecule has 0 saturated heterocycles. The molecule has 2 N–H and O–H groups in total. The number of amides is 1. The minimum absolute atomic E-state index is 0.0508. The monoisotopic (exact) mass is 342 g/mol. The van der Waals surface area contributed by atoms with Crippen molar-refractivity contribution in [2.45, 2.75) is 16.0 Å². The molecular formula is C14H9F3N2O3S. The molecule has 2 rings (SSSR count). The number of nitro groups is 1. The van der Waals surface area contributed by atoms with E-state index in [9.17, 15) is 28.1 Å². The lowest BCUT2D eigenvalue weighted by Crippen LogP contribution is -2.11. The highest BCUT2D eigenvalue weighted by molar-refractivity contribution is 7.99. The molecule has 5 nitrogen and oxygen atoms in total. The standard InChI is InChI=1S/C14H9F3N2O3S/c15-14(16,17)9-2-1-3-10(7-9)23-12-5-4-8(13(18)20)6-11(12)19(21)22/h1-7H,(H2,18,20). The molecule has 1 amide bonds. The Morgan fingerprint density at radius 1 is 1.17 bits per heavy atom. The maximum absolute atomic E-state index is 12.7. The number of carbonyl (C=O) groups excluding carboxylic acids is 1. The van der Waals surface area contributed by atoms with Crippen molar-refractivity contribution in [2.75, 3.05) is 0 Å². The van der Waals surface area contributed by atoms with E-state index in [0.717, 1.165) is 30.0 Å². The minimum atomic E-state index is -4.50. The fraction of sp³-hybridized carbons (Fsp3) is 0.0714. The van der Waals surface area contributed by atoms with Crippen molar-refractivity contribution < 1.29 is 22.9 Å². The van der Waals surface area contributed by atoms with Crippen LogP contribution in [-0.4, -0.2) is 10.8 Å². The molecule has 0 spiro atoms. The summed E-state index contributed by atoms with van der Waals surface area (Å²) in [7, 11) is 0. The van der Waals surface area contributed by atoms with Gasteiger partial charge < -0.3 is 5.73 Å². The molecule has 0 radical (unpaired) electrons. The topological polar surface area (TPSA) is 86.2 Å². The zero-order chi connectivity index (χ0) is 17.2. The second-order valence-electron chi connectivity index (χ2n) is 4.43. The summed E-state index contributed by atoms with van der Waals surface area (Å²) in [5.74, 6) is -0.830. The van der Waals surface area contributed by atoms with E-state index in [2.05, 4.69) is 0 Å². The third kappa shape index (κ3) is 4.01. The summed E-state index contributed by atoms with van der Waals surface area (Å²) in [6.07, 6.45) is -4.50. The van der Waals surface area contributed by atoms with E-state index in [1.54, 1.807) is 0 Å². The number of halogens is 3. The Hall–Kier alpha value is -2.55. The number of rotatable bonds is 4. The molecule has 120 valence electrons. The van der Waals surface area contributed by atoms with Crippen molar-refractivity contribution in [2.24, 2.45) is 5.73 Å². The maximum atomic E-state index is 12.7. The van der Waals surface area contributed by atoms with Crippen LogP contribution in [0.25, 0.3) is 0 Å². The number of nitrogens with zero attached hydrogens (tertiary/aromatic N) is 1. The fourth-order valence-electron chi connectivity index (χ4n) is 1.76. The van der Waals surface area contributed by atoms with Crippen molar-refractivity contribution in [1.29, 1.82) is 0 Å². The van der Waals surface area contributed by atoms with E-state index < -0.39 is 28.3 Å². The number of hydrogen-bond acceptors (Lipinski definition) is 4. The van der Waals surface area contributed by atoms with Gasteiger partial charge >= 0.3 is 6.18 Å². The van der Waals surface area contributed by atoms with Gasteiger partial charge in [-0.15, -0.1) is 0 Å². The fourth-order valence-corrected chi connectivity index (χ4v) is 2.72. The number of benzene rings is 2. The minimum Gasteiger partial charge on any atom is -0.366 e. The lowest BCUT2D eigenvalue weighted by Gasteiger charge is -2.09. The van der Waals surface area contributed by atoms with E-state index in [4.69, 9.17) is 5.73 Å². The SMILES string of the molecule is NC(=O)c1ccc(Sc2cccc(C(F)(F)F)c2)c([N+](=O)[O-])c1. The van der Waals surface area contributed by atoms with Crippen LogP contribution >= 0.6 is 11.8 Å². The Balaban J connectivity index is 2.40. The molecule has 2 aromatic carbocycles. The van der Waals surface area contributed by atoms with Crippen molar-refractivity contribution in [3.05, 3.63) is 63.7 Å². The normalized spacial score (nSPS) is 11.3. The molecule has 0 bridgehead atoms. The summed E-state index contributed by atoms with van der Waals surface area (Å²) in [4.78, 5) is 21.7. The predicted molar refractivity (Wildman–Crippen MR) is 77.2 cm³/mol. The van der Waals surface area contributed by atoms with Crippen molar-refractivity contribution in [1.82, 2.24) is 0 Å². The number of hydrogen-bond donors (Lipinski definition) is 1. The number of primary amides is 1. The van der Waals surface area contributed by atoms with Crippen LogP contribution in [0.15, 0.2) is 52.3 Å². The zero-order valence-corrected chi connectivity index (χ0v) is 12.1. The molecule has 0 unspecified atom stereocenters. The summed E-state index contributed by atoms with van der Waals surface area (Å²) in [5, 5.41) is 11.1. The van der Waals surface area contributed by atoms with Gasteiger partial charge in [-0.3, -0.25) is 14.9 Å². The first-order chi connectivity index (χ1) is 10.7. The molecule has 9 heteroatoms. The van der Waals surface area contributed by atoms with Crippen LogP contribution in [0, 0.1) is 10.1 Å². The van der Waals surface area contributed by atoms with Crippen LogP contribution in [0.3, 0.4) is 0 Å². The van der Waals surface area contributed by atoms with Gasteiger partial charge in [-0.05, 0) is 30.3 Å². The first-order valence-corrected chi connectivity index (χ1v) is 6.93. The van der Waals surface area contributed by atoms with E-state index in [1.165, 1.54) is 24.3 Å². The first kappa shape index (κ1) is 16.8. The number of carbonyl (C=O) groups is 1. The summed E-state index contributed by atoms with van der Waals surface area (Å²) in [6, 6.07) is 8.00. The van der Waals surface area contributed by atoms with Gasteiger partial charge in [0.1, 0.15) is 0 Å². The molecule has 0 saturated carbocycles. The molecule has 0 atom stereocenters. The van der Waals surface area contributed by atoms with E-state index in [0.29, 0.717) is 0 Å². The largest absolute Gasteiger partial charge is 0.416 e. The molecule has 0 aliphatic heterocycles. The summed E-state index contributed by atoms with van der Waals surface area (Å²) >= 11 is 0.799. The van der Waals surface area contributed by atoms with Gasteiger partial charge in [-0.1, -0.05) is 17.8 Å². The lowest BCUT2D eigenvalue weighted by molar-refractivity contribution is -0.387. The molecule has 0 aliphatic rings. The van der Waals surface area contributed by atoms with Gasteiger partial charge in [0.15, 0.2) is 0 Å². The number of nitro benzene ring substituents is 1. The quantitative estimate of drug-likeness (QED) is 0.675. The maximum Gasteiger partial charge on any atom is 0.416 e. The van der Waals surface area contributed by atoms with Gasteiger partial charge in [0, 0.05) is 16.5 Å². The third-order valence-electron chi connectivity index (χ3n) is 2.83. The van der Waals surface area contributed by atoms with Crippen LogP contribution in [0.4, 0.5) is 18.9 Å². The van der Waals surface area contributed by atoms with Crippen molar-refractivity contribution in [3.63, 3.8) is 0 Å². The highest BCUT2D eigenvalue weighted by Gasteiger charge is 2.30. The van der Waals surface area contributed by atoms with Crippen molar-refractivity contribution >= 4 is 23.4 Å². The number of nitrogens with two attached hydrogens (primary N) is 1. The van der Waals surface area contributed by atoms with Crippen LogP contribution in [0.2, 0.25) is 0 Å². The predicted octanol–water partition coefficient (Wildman–Crippen LogP) is 3.86. The van der Waals surface area contributed by atoms with Gasteiger partial charge in [0.2, 0.25) is 5.91 Å². The average molecular weight is 342 g/mol. The lowest BCUT2D eigenvalue weighted by atomic mass is 10.2.